The highest BCUT2D eigenvalue weighted by Crippen LogP contribution is 2.28. The SMILES string of the molecule is CCOC(=O)C(CC)Sc1nnc(-c2ccc([N+](=O)[O-])cc2)n1C. The van der Waals surface area contributed by atoms with E-state index in [1.165, 1.54) is 23.9 Å². The number of esters is 1. The number of nitro benzene ring substituents is 1. The fourth-order valence-corrected chi connectivity index (χ4v) is 2.98. The van der Waals surface area contributed by atoms with Crippen LogP contribution in [-0.2, 0) is 16.6 Å². The van der Waals surface area contributed by atoms with E-state index in [-0.39, 0.29) is 16.9 Å². The van der Waals surface area contributed by atoms with E-state index in [4.69, 9.17) is 4.74 Å². The molecule has 0 radical (unpaired) electrons. The third-order valence-electron chi connectivity index (χ3n) is 3.34. The van der Waals surface area contributed by atoms with Gasteiger partial charge in [0.25, 0.3) is 5.69 Å². The molecule has 0 amide bonds. The van der Waals surface area contributed by atoms with Gasteiger partial charge < -0.3 is 9.30 Å². The van der Waals surface area contributed by atoms with Gasteiger partial charge in [-0.05, 0) is 25.5 Å². The molecule has 8 nitrogen and oxygen atoms in total. The van der Waals surface area contributed by atoms with Crippen molar-refractivity contribution in [2.75, 3.05) is 6.61 Å². The normalized spacial score (nSPS) is 12.0. The number of nitrogens with zero attached hydrogens (tertiary/aromatic N) is 4. The first-order chi connectivity index (χ1) is 11.5. The quantitative estimate of drug-likeness (QED) is 0.327. The van der Waals surface area contributed by atoms with Gasteiger partial charge in [-0.2, -0.15) is 0 Å². The van der Waals surface area contributed by atoms with Crippen molar-refractivity contribution in [1.82, 2.24) is 14.8 Å². The third-order valence-corrected chi connectivity index (χ3v) is 4.72. The van der Waals surface area contributed by atoms with Crippen LogP contribution in [0.25, 0.3) is 11.4 Å². The van der Waals surface area contributed by atoms with Crippen LogP contribution in [0.1, 0.15) is 20.3 Å². The fourth-order valence-electron chi connectivity index (χ4n) is 2.06. The van der Waals surface area contributed by atoms with E-state index in [0.29, 0.717) is 29.6 Å². The summed E-state index contributed by atoms with van der Waals surface area (Å²) in [7, 11) is 1.79. The van der Waals surface area contributed by atoms with Crippen LogP contribution >= 0.6 is 11.8 Å². The number of nitro groups is 1. The number of non-ortho nitro benzene ring substituents is 1. The zero-order valence-electron chi connectivity index (χ0n) is 13.6. The molecule has 1 atom stereocenters. The Morgan fingerprint density at radius 3 is 2.54 bits per heavy atom. The minimum Gasteiger partial charge on any atom is -0.465 e. The highest BCUT2D eigenvalue weighted by Gasteiger charge is 2.23. The predicted octanol–water partition coefficient (Wildman–Crippen LogP) is 2.82. The molecule has 0 N–H and O–H groups in total. The van der Waals surface area contributed by atoms with Gasteiger partial charge in [-0.1, -0.05) is 18.7 Å². The second-order valence-electron chi connectivity index (χ2n) is 4.94. The number of carbonyl (C=O) groups is 1. The van der Waals surface area contributed by atoms with Gasteiger partial charge in [0.05, 0.1) is 11.5 Å². The molecule has 0 aliphatic rings. The Hall–Kier alpha value is -2.42. The van der Waals surface area contributed by atoms with Crippen LogP contribution in [0.3, 0.4) is 0 Å². The van der Waals surface area contributed by atoms with Gasteiger partial charge in [-0.15, -0.1) is 10.2 Å². The largest absolute Gasteiger partial charge is 0.465 e. The summed E-state index contributed by atoms with van der Waals surface area (Å²) in [5.41, 5.74) is 0.732. The maximum Gasteiger partial charge on any atom is 0.319 e. The van der Waals surface area contributed by atoms with Gasteiger partial charge in [-0.25, -0.2) is 0 Å². The average Bonchev–Trinajstić information content (AvgIpc) is 2.93. The van der Waals surface area contributed by atoms with Crippen LogP contribution in [0.5, 0.6) is 0 Å². The molecule has 0 bridgehead atoms. The minimum atomic E-state index is -0.451. The predicted molar refractivity (Wildman–Crippen MR) is 89.7 cm³/mol. The lowest BCUT2D eigenvalue weighted by Gasteiger charge is -2.12. The van der Waals surface area contributed by atoms with Gasteiger partial charge in [0.2, 0.25) is 0 Å². The van der Waals surface area contributed by atoms with E-state index in [9.17, 15) is 14.9 Å². The molecule has 1 heterocycles. The lowest BCUT2D eigenvalue weighted by Crippen LogP contribution is -2.20. The van der Waals surface area contributed by atoms with E-state index >= 15 is 0 Å². The van der Waals surface area contributed by atoms with E-state index < -0.39 is 4.92 Å². The summed E-state index contributed by atoms with van der Waals surface area (Å²) in [4.78, 5) is 22.2. The number of ether oxygens (including phenoxy) is 1. The van der Waals surface area contributed by atoms with Crippen LogP contribution in [0.2, 0.25) is 0 Å². The van der Waals surface area contributed by atoms with Crippen molar-refractivity contribution >= 4 is 23.4 Å². The number of thioether (sulfide) groups is 1. The van der Waals surface area contributed by atoms with Gasteiger partial charge in [0.15, 0.2) is 11.0 Å². The molecule has 2 aromatic rings. The molecule has 0 aliphatic carbocycles. The summed E-state index contributed by atoms with van der Waals surface area (Å²) in [6, 6.07) is 6.09. The molecular weight excluding hydrogens is 332 g/mol. The monoisotopic (exact) mass is 350 g/mol. The Kier molecular flexibility index (Phi) is 5.91. The lowest BCUT2D eigenvalue weighted by atomic mass is 10.2. The Labute approximate surface area is 143 Å². The van der Waals surface area contributed by atoms with E-state index in [2.05, 4.69) is 10.2 Å². The first-order valence-corrected chi connectivity index (χ1v) is 8.33. The van der Waals surface area contributed by atoms with Crippen molar-refractivity contribution < 1.29 is 14.5 Å². The topological polar surface area (TPSA) is 100 Å². The molecule has 0 saturated heterocycles. The Balaban J connectivity index is 2.21. The Morgan fingerprint density at radius 1 is 1.33 bits per heavy atom. The molecule has 1 aromatic carbocycles. The van der Waals surface area contributed by atoms with Gasteiger partial charge in [0, 0.05) is 24.7 Å². The van der Waals surface area contributed by atoms with Crippen LogP contribution in [-0.4, -0.2) is 37.5 Å². The van der Waals surface area contributed by atoms with Crippen molar-refractivity contribution in [1.29, 1.82) is 0 Å². The van der Waals surface area contributed by atoms with Crippen LogP contribution in [0.15, 0.2) is 29.4 Å². The summed E-state index contributed by atoms with van der Waals surface area (Å²) < 4.78 is 6.81. The number of rotatable bonds is 7. The van der Waals surface area contributed by atoms with Crippen molar-refractivity contribution in [3.05, 3.63) is 34.4 Å². The van der Waals surface area contributed by atoms with E-state index in [0.717, 1.165) is 0 Å². The molecule has 9 heteroatoms. The lowest BCUT2D eigenvalue weighted by molar-refractivity contribution is -0.384. The van der Waals surface area contributed by atoms with Crippen molar-refractivity contribution in [3.8, 4) is 11.4 Å². The van der Waals surface area contributed by atoms with Crippen molar-refractivity contribution in [2.24, 2.45) is 7.05 Å². The summed E-state index contributed by atoms with van der Waals surface area (Å²) in [5.74, 6) is 0.302. The van der Waals surface area contributed by atoms with Crippen LogP contribution in [0, 0.1) is 10.1 Å². The number of hydrogen-bond donors (Lipinski definition) is 0. The molecular formula is C15H18N4O4S. The summed E-state index contributed by atoms with van der Waals surface area (Å²) in [6.07, 6.45) is 0.614. The second kappa shape index (κ2) is 7.91. The van der Waals surface area contributed by atoms with Gasteiger partial charge in [0.1, 0.15) is 5.25 Å². The molecule has 0 aliphatic heterocycles. The second-order valence-corrected chi connectivity index (χ2v) is 6.11. The average molecular weight is 350 g/mol. The zero-order valence-corrected chi connectivity index (χ0v) is 14.4. The highest BCUT2D eigenvalue weighted by molar-refractivity contribution is 8.00. The Morgan fingerprint density at radius 2 is 2.00 bits per heavy atom. The third kappa shape index (κ3) is 3.91. The first kappa shape index (κ1) is 17.9. The van der Waals surface area contributed by atoms with E-state index in [1.54, 1.807) is 30.7 Å². The van der Waals surface area contributed by atoms with Crippen LogP contribution < -0.4 is 0 Å². The molecule has 0 saturated carbocycles. The summed E-state index contributed by atoms with van der Waals surface area (Å²) in [6.45, 7) is 4.01. The number of hydrogen-bond acceptors (Lipinski definition) is 7. The van der Waals surface area contributed by atoms with Crippen molar-refractivity contribution in [3.63, 3.8) is 0 Å². The Bertz CT molecular complexity index is 730. The molecule has 24 heavy (non-hydrogen) atoms. The van der Waals surface area contributed by atoms with Gasteiger partial charge >= 0.3 is 5.97 Å². The molecule has 0 fully saturated rings. The number of benzene rings is 1. The first-order valence-electron chi connectivity index (χ1n) is 7.45. The molecule has 128 valence electrons. The standard InChI is InChI=1S/C15H18N4O4S/c1-4-12(14(20)23-5-2)24-15-17-16-13(18(15)3)10-6-8-11(9-7-10)19(21)22/h6-9,12H,4-5H2,1-3H3. The minimum absolute atomic E-state index is 0.0175. The highest BCUT2D eigenvalue weighted by atomic mass is 32.2. The summed E-state index contributed by atoms with van der Waals surface area (Å²) >= 11 is 1.29. The summed E-state index contributed by atoms with van der Waals surface area (Å²) in [5, 5.41) is 19.2. The van der Waals surface area contributed by atoms with Crippen LogP contribution in [0.4, 0.5) is 5.69 Å². The fraction of sp³-hybridized carbons (Fsp3) is 0.400. The molecule has 1 unspecified atom stereocenters. The molecule has 1 aromatic heterocycles. The smallest absolute Gasteiger partial charge is 0.319 e. The van der Waals surface area contributed by atoms with Crippen molar-refractivity contribution in [2.45, 2.75) is 30.7 Å². The zero-order chi connectivity index (χ0) is 17.7. The number of aromatic nitrogens is 3. The maximum atomic E-state index is 11.9. The maximum absolute atomic E-state index is 11.9. The van der Waals surface area contributed by atoms with Gasteiger partial charge in [-0.3, -0.25) is 14.9 Å². The van der Waals surface area contributed by atoms with E-state index in [1.807, 2.05) is 6.92 Å². The number of carbonyl (C=O) groups excluding carboxylic acids is 1. The molecule has 0 spiro atoms. The molecule has 2 rings (SSSR count).